The molecule has 1 atom stereocenters. The average Bonchev–Trinajstić information content (AvgIpc) is 2.86. The molecule has 0 fully saturated rings. The second kappa shape index (κ2) is 10.7. The molecule has 0 aliphatic carbocycles. The third-order valence-electron chi connectivity index (χ3n) is 5.15. The lowest BCUT2D eigenvalue weighted by atomic mass is 10.1. The van der Waals surface area contributed by atoms with Gasteiger partial charge in [-0.15, -0.1) is 0 Å². The molecule has 0 radical (unpaired) electrons. The molecule has 0 spiro atoms. The summed E-state index contributed by atoms with van der Waals surface area (Å²) in [7, 11) is 5.37. The van der Waals surface area contributed by atoms with Crippen LogP contribution in [0.5, 0.6) is 5.75 Å². The van der Waals surface area contributed by atoms with E-state index in [9.17, 15) is 14.4 Å². The SMILES string of the molecule is COC(=O)CCC(NCc1ccc2ccc3c(OC)cc(C(=O)OC)nc3c2n1)C(=O)OC. The van der Waals surface area contributed by atoms with Crippen LogP contribution in [0.15, 0.2) is 30.3 Å². The number of rotatable bonds is 9. The summed E-state index contributed by atoms with van der Waals surface area (Å²) < 4.78 is 19.7. The predicted octanol–water partition coefficient (Wildman–Crippen LogP) is 2.16. The van der Waals surface area contributed by atoms with E-state index in [-0.39, 0.29) is 25.1 Å². The van der Waals surface area contributed by atoms with Crippen molar-refractivity contribution in [2.24, 2.45) is 0 Å². The molecule has 3 rings (SSSR count). The lowest BCUT2D eigenvalue weighted by Crippen LogP contribution is -2.37. The van der Waals surface area contributed by atoms with Gasteiger partial charge in [0.25, 0.3) is 0 Å². The van der Waals surface area contributed by atoms with E-state index in [1.54, 1.807) is 0 Å². The molecular weight excluding hydrogens is 430 g/mol. The van der Waals surface area contributed by atoms with E-state index in [0.29, 0.717) is 27.9 Å². The van der Waals surface area contributed by atoms with Gasteiger partial charge in [-0.3, -0.25) is 14.9 Å². The highest BCUT2D eigenvalue weighted by Crippen LogP contribution is 2.30. The number of benzene rings is 1. The van der Waals surface area contributed by atoms with Crippen molar-refractivity contribution in [1.82, 2.24) is 15.3 Å². The molecule has 0 bridgehead atoms. The number of carbonyl (C=O) groups is 3. The maximum atomic E-state index is 12.1. The van der Waals surface area contributed by atoms with Crippen molar-refractivity contribution in [2.75, 3.05) is 28.4 Å². The second-order valence-corrected chi connectivity index (χ2v) is 7.11. The van der Waals surface area contributed by atoms with Crippen molar-refractivity contribution in [1.29, 1.82) is 0 Å². The van der Waals surface area contributed by atoms with Gasteiger partial charge in [-0.25, -0.2) is 14.8 Å². The van der Waals surface area contributed by atoms with Crippen LogP contribution in [0.25, 0.3) is 21.8 Å². The minimum atomic E-state index is -0.705. The molecule has 0 aliphatic rings. The summed E-state index contributed by atoms with van der Waals surface area (Å²) in [4.78, 5) is 44.8. The topological polar surface area (TPSA) is 126 Å². The van der Waals surface area contributed by atoms with E-state index in [1.165, 1.54) is 34.5 Å². The Morgan fingerprint density at radius 3 is 2.36 bits per heavy atom. The average molecular weight is 455 g/mol. The molecule has 3 aromatic rings. The number of hydrogen-bond acceptors (Lipinski definition) is 10. The van der Waals surface area contributed by atoms with E-state index >= 15 is 0 Å². The maximum Gasteiger partial charge on any atom is 0.356 e. The summed E-state index contributed by atoms with van der Waals surface area (Å²) in [5.74, 6) is -1.01. The summed E-state index contributed by atoms with van der Waals surface area (Å²) in [5.41, 5.74) is 1.80. The largest absolute Gasteiger partial charge is 0.496 e. The fourth-order valence-electron chi connectivity index (χ4n) is 3.39. The van der Waals surface area contributed by atoms with Gasteiger partial charge in [0.2, 0.25) is 0 Å². The molecule has 2 aromatic heterocycles. The molecule has 0 aliphatic heterocycles. The summed E-state index contributed by atoms with van der Waals surface area (Å²) in [6.45, 7) is 0.237. The highest BCUT2D eigenvalue weighted by Gasteiger charge is 2.21. The van der Waals surface area contributed by atoms with Gasteiger partial charge in [0.1, 0.15) is 17.3 Å². The van der Waals surface area contributed by atoms with Gasteiger partial charge in [0, 0.05) is 29.8 Å². The zero-order valence-corrected chi connectivity index (χ0v) is 18.8. The van der Waals surface area contributed by atoms with Crippen LogP contribution in [-0.4, -0.2) is 62.4 Å². The van der Waals surface area contributed by atoms with Gasteiger partial charge in [-0.05, 0) is 18.6 Å². The van der Waals surface area contributed by atoms with Crippen LogP contribution < -0.4 is 10.1 Å². The predicted molar refractivity (Wildman–Crippen MR) is 119 cm³/mol. The van der Waals surface area contributed by atoms with Crippen molar-refractivity contribution < 1.29 is 33.3 Å². The number of fused-ring (bicyclic) bond motifs is 3. The zero-order valence-electron chi connectivity index (χ0n) is 18.8. The summed E-state index contributed by atoms with van der Waals surface area (Å²) in [6, 6.07) is 8.25. The Hall–Kier alpha value is -3.79. The third kappa shape index (κ3) is 5.35. The fourth-order valence-corrected chi connectivity index (χ4v) is 3.39. The minimum Gasteiger partial charge on any atom is -0.496 e. The first-order valence-corrected chi connectivity index (χ1v) is 10.2. The summed E-state index contributed by atoms with van der Waals surface area (Å²) in [6.07, 6.45) is 0.288. The number of nitrogens with zero attached hydrogens (tertiary/aromatic N) is 2. The molecule has 0 amide bonds. The first-order valence-electron chi connectivity index (χ1n) is 10.2. The normalized spacial score (nSPS) is 11.8. The number of methoxy groups -OCH3 is 4. The van der Waals surface area contributed by atoms with Gasteiger partial charge in [-0.1, -0.05) is 12.1 Å². The Balaban J connectivity index is 1.95. The fraction of sp³-hybridized carbons (Fsp3) is 0.348. The molecule has 2 heterocycles. The first kappa shape index (κ1) is 23.9. The smallest absolute Gasteiger partial charge is 0.356 e. The molecule has 10 nitrogen and oxygen atoms in total. The van der Waals surface area contributed by atoms with Crippen molar-refractivity contribution in [3.8, 4) is 5.75 Å². The van der Waals surface area contributed by atoms with E-state index in [4.69, 9.17) is 19.2 Å². The molecule has 1 N–H and O–H groups in total. The van der Waals surface area contributed by atoms with E-state index in [2.05, 4.69) is 15.0 Å². The number of hydrogen-bond donors (Lipinski definition) is 1. The molecule has 1 aromatic carbocycles. The standard InChI is InChI=1S/C23H25N3O7/c1-30-18-11-17(23(29)33-4)26-21-15(18)8-6-13-5-7-14(25-20(13)21)12-24-16(22(28)32-3)9-10-19(27)31-2/h5-8,11,16,24H,9-10,12H2,1-4H3. The minimum absolute atomic E-state index is 0.0685. The number of ether oxygens (including phenoxy) is 4. The van der Waals surface area contributed by atoms with Gasteiger partial charge < -0.3 is 18.9 Å². The molecule has 174 valence electrons. The maximum absolute atomic E-state index is 12.1. The van der Waals surface area contributed by atoms with Gasteiger partial charge >= 0.3 is 17.9 Å². The van der Waals surface area contributed by atoms with Crippen LogP contribution in [-0.2, 0) is 30.3 Å². The monoisotopic (exact) mass is 455 g/mol. The van der Waals surface area contributed by atoms with Gasteiger partial charge in [-0.2, -0.15) is 0 Å². The summed E-state index contributed by atoms with van der Waals surface area (Å²) >= 11 is 0. The van der Waals surface area contributed by atoms with Crippen molar-refractivity contribution >= 4 is 39.7 Å². The zero-order chi connectivity index (χ0) is 24.0. The Morgan fingerprint density at radius 1 is 0.939 bits per heavy atom. The van der Waals surface area contributed by atoms with E-state index < -0.39 is 23.9 Å². The molecule has 10 heteroatoms. The van der Waals surface area contributed by atoms with E-state index in [0.717, 1.165) is 5.39 Å². The van der Waals surface area contributed by atoms with Crippen LogP contribution in [0.1, 0.15) is 29.0 Å². The Morgan fingerprint density at radius 2 is 1.70 bits per heavy atom. The first-order chi connectivity index (χ1) is 15.9. The van der Waals surface area contributed by atoms with Crippen LogP contribution in [0.3, 0.4) is 0 Å². The van der Waals surface area contributed by atoms with Crippen molar-refractivity contribution in [3.63, 3.8) is 0 Å². The number of aromatic nitrogens is 2. The quantitative estimate of drug-likeness (QED) is 0.291. The Bertz CT molecular complexity index is 1200. The lowest BCUT2D eigenvalue weighted by Gasteiger charge is -2.16. The molecular formula is C23H25N3O7. The Labute approximate surface area is 190 Å². The number of pyridine rings is 2. The van der Waals surface area contributed by atoms with Crippen LogP contribution >= 0.6 is 0 Å². The van der Waals surface area contributed by atoms with Crippen molar-refractivity contribution in [2.45, 2.75) is 25.4 Å². The number of carbonyl (C=O) groups excluding carboxylic acids is 3. The Kier molecular flexibility index (Phi) is 7.73. The molecule has 0 saturated heterocycles. The molecule has 1 unspecified atom stereocenters. The van der Waals surface area contributed by atoms with Crippen LogP contribution in [0, 0.1) is 0 Å². The lowest BCUT2D eigenvalue weighted by molar-refractivity contribution is -0.144. The second-order valence-electron chi connectivity index (χ2n) is 7.11. The van der Waals surface area contributed by atoms with Gasteiger partial charge in [0.15, 0.2) is 5.69 Å². The van der Waals surface area contributed by atoms with Crippen LogP contribution in [0.4, 0.5) is 0 Å². The summed E-state index contributed by atoms with van der Waals surface area (Å²) in [5, 5.41) is 4.59. The number of nitrogens with one attached hydrogen (secondary N) is 1. The highest BCUT2D eigenvalue weighted by atomic mass is 16.5. The number of esters is 3. The van der Waals surface area contributed by atoms with Gasteiger partial charge in [0.05, 0.1) is 39.6 Å². The van der Waals surface area contributed by atoms with Crippen LogP contribution in [0.2, 0.25) is 0 Å². The third-order valence-corrected chi connectivity index (χ3v) is 5.15. The molecule has 0 saturated carbocycles. The van der Waals surface area contributed by atoms with Crippen molar-refractivity contribution in [3.05, 3.63) is 41.7 Å². The van der Waals surface area contributed by atoms with E-state index in [1.807, 2.05) is 24.3 Å². The molecule has 33 heavy (non-hydrogen) atoms. The highest BCUT2D eigenvalue weighted by molar-refractivity contribution is 6.06.